The van der Waals surface area contributed by atoms with Crippen LogP contribution in [0.3, 0.4) is 0 Å². The molecule has 3 aromatic rings. The maximum absolute atomic E-state index is 13.0. The third-order valence-electron chi connectivity index (χ3n) is 4.20. The minimum absolute atomic E-state index is 0.141. The van der Waals surface area contributed by atoms with Gasteiger partial charge in [-0.1, -0.05) is 12.1 Å². The molecule has 1 N–H and O–H groups in total. The number of aromatic hydroxyl groups is 1. The van der Waals surface area contributed by atoms with Crippen molar-refractivity contribution in [1.29, 1.82) is 0 Å². The van der Waals surface area contributed by atoms with Gasteiger partial charge in [0.15, 0.2) is 5.75 Å². The molecule has 0 aliphatic carbocycles. The molecule has 7 nitrogen and oxygen atoms in total. The first-order chi connectivity index (χ1) is 13.6. The molecule has 1 aromatic heterocycles. The second kappa shape index (κ2) is 7.30. The van der Waals surface area contributed by atoms with Gasteiger partial charge in [-0.25, -0.2) is 0 Å². The highest BCUT2D eigenvalue weighted by molar-refractivity contribution is 5.75. The van der Waals surface area contributed by atoms with Crippen molar-refractivity contribution >= 4 is 5.69 Å². The lowest BCUT2D eigenvalue weighted by Gasteiger charge is -2.12. The van der Waals surface area contributed by atoms with Crippen LogP contribution >= 0.6 is 0 Å². The molecule has 0 bridgehead atoms. The Labute approximate surface area is 162 Å². The van der Waals surface area contributed by atoms with Gasteiger partial charge in [0.1, 0.15) is 0 Å². The van der Waals surface area contributed by atoms with E-state index in [4.69, 9.17) is 4.74 Å². The van der Waals surface area contributed by atoms with Crippen molar-refractivity contribution in [1.82, 2.24) is 0 Å². The Kier molecular flexibility index (Phi) is 5.02. The van der Waals surface area contributed by atoms with Gasteiger partial charge in [-0.05, 0) is 35.4 Å². The first-order valence-electron chi connectivity index (χ1n) is 8.09. The molecular formula is C19H13F3N2O5. The number of nitro benzene ring substituents is 1. The molecule has 0 aliphatic rings. The summed E-state index contributed by atoms with van der Waals surface area (Å²) in [6.07, 6.45) is -4.82. The van der Waals surface area contributed by atoms with Crippen LogP contribution in [-0.4, -0.2) is 17.1 Å². The van der Waals surface area contributed by atoms with Crippen LogP contribution in [0.5, 0.6) is 11.5 Å². The summed E-state index contributed by atoms with van der Waals surface area (Å²) >= 11 is 0. The third kappa shape index (κ3) is 3.77. The average Bonchev–Trinajstić information content (AvgIpc) is 2.67. The molecule has 1 heterocycles. The Morgan fingerprint density at radius 3 is 2.31 bits per heavy atom. The van der Waals surface area contributed by atoms with E-state index in [0.717, 1.165) is 12.1 Å². The largest absolute Gasteiger partial charge is 0.618 e. The topological polar surface area (TPSA) is 99.5 Å². The lowest BCUT2D eigenvalue weighted by Crippen LogP contribution is -2.38. The molecule has 150 valence electrons. The van der Waals surface area contributed by atoms with E-state index in [1.54, 1.807) is 6.07 Å². The highest BCUT2D eigenvalue weighted by atomic mass is 19.4. The summed E-state index contributed by atoms with van der Waals surface area (Å²) in [5, 5.41) is 33.3. The fourth-order valence-electron chi connectivity index (χ4n) is 2.83. The number of aromatic nitrogens is 1. The number of nitrogens with zero attached hydrogens (tertiary/aromatic N) is 2. The van der Waals surface area contributed by atoms with Gasteiger partial charge in [0.2, 0.25) is 11.4 Å². The molecule has 29 heavy (non-hydrogen) atoms. The number of benzene rings is 2. The van der Waals surface area contributed by atoms with Gasteiger partial charge in [0.25, 0.3) is 5.69 Å². The number of hydrogen-bond donors (Lipinski definition) is 1. The Bertz CT molecular complexity index is 1100. The highest BCUT2D eigenvalue weighted by Crippen LogP contribution is 2.40. The monoisotopic (exact) mass is 406 g/mol. The molecule has 0 saturated carbocycles. The summed E-state index contributed by atoms with van der Waals surface area (Å²) in [5.74, 6) is -0.787. The van der Waals surface area contributed by atoms with E-state index in [9.17, 15) is 33.6 Å². The molecule has 0 atom stereocenters. The molecule has 0 spiro atoms. The van der Waals surface area contributed by atoms with E-state index in [1.165, 1.54) is 37.4 Å². The van der Waals surface area contributed by atoms with Crippen LogP contribution in [-0.2, 0) is 6.18 Å². The standard InChI is InChI=1S/C19H13F3N2O5/c1-29-16-10-13(9-15(18(16)25)24(27)28)11-4-2-5-12(8-11)14-6-3-7-17(23(14)26)19(20,21)22/h2-10,25H,1H3. The smallest absolute Gasteiger partial charge is 0.478 e. The van der Waals surface area contributed by atoms with Gasteiger partial charge in [0.05, 0.1) is 12.0 Å². The molecule has 0 aliphatic heterocycles. The quantitative estimate of drug-likeness (QED) is 0.302. The lowest BCUT2D eigenvalue weighted by molar-refractivity contribution is -0.618. The summed E-state index contributed by atoms with van der Waals surface area (Å²) in [6, 6.07) is 11.4. The molecular weight excluding hydrogens is 393 g/mol. The number of nitro groups is 1. The minimum Gasteiger partial charge on any atom is -0.618 e. The van der Waals surface area contributed by atoms with Crippen LogP contribution in [0.15, 0.2) is 54.6 Å². The maximum atomic E-state index is 13.0. The van der Waals surface area contributed by atoms with E-state index in [0.29, 0.717) is 11.6 Å². The van der Waals surface area contributed by atoms with Crippen LogP contribution in [0.4, 0.5) is 18.9 Å². The fourth-order valence-corrected chi connectivity index (χ4v) is 2.83. The SMILES string of the molecule is COc1cc(-c2cccc(-c3cccc(C(F)(F)F)[n+]3[O-])c2)cc([N+](=O)[O-])c1O. The van der Waals surface area contributed by atoms with Crippen LogP contribution in [0.2, 0.25) is 0 Å². The zero-order valence-electron chi connectivity index (χ0n) is 14.8. The zero-order chi connectivity index (χ0) is 21.3. The number of phenolic OH excluding ortho intramolecular Hbond substituents is 1. The number of phenols is 1. The van der Waals surface area contributed by atoms with Crippen LogP contribution in [0.1, 0.15) is 5.69 Å². The number of rotatable bonds is 4. The third-order valence-corrected chi connectivity index (χ3v) is 4.20. The molecule has 3 rings (SSSR count). The van der Waals surface area contributed by atoms with Gasteiger partial charge < -0.3 is 15.1 Å². The first kappa shape index (κ1) is 19.9. The molecule has 2 aromatic carbocycles. The van der Waals surface area contributed by atoms with E-state index in [-0.39, 0.29) is 27.3 Å². The number of ether oxygens (including phenoxy) is 1. The van der Waals surface area contributed by atoms with Crippen molar-refractivity contribution in [2.45, 2.75) is 6.18 Å². The van der Waals surface area contributed by atoms with Crippen molar-refractivity contribution in [3.05, 3.63) is 75.6 Å². The van der Waals surface area contributed by atoms with Gasteiger partial charge >= 0.3 is 11.9 Å². The second-order valence-electron chi connectivity index (χ2n) is 5.97. The number of alkyl halides is 3. The van der Waals surface area contributed by atoms with Crippen molar-refractivity contribution in [2.24, 2.45) is 0 Å². The van der Waals surface area contributed by atoms with Crippen LogP contribution in [0, 0.1) is 15.3 Å². The average molecular weight is 406 g/mol. The first-order valence-corrected chi connectivity index (χ1v) is 8.09. The van der Waals surface area contributed by atoms with E-state index >= 15 is 0 Å². The maximum Gasteiger partial charge on any atom is 0.478 e. The summed E-state index contributed by atoms with van der Waals surface area (Å²) in [7, 11) is 1.22. The van der Waals surface area contributed by atoms with Crippen LogP contribution < -0.4 is 9.47 Å². The van der Waals surface area contributed by atoms with E-state index in [2.05, 4.69) is 0 Å². The van der Waals surface area contributed by atoms with Gasteiger partial charge in [-0.3, -0.25) is 10.1 Å². The van der Waals surface area contributed by atoms with Crippen molar-refractivity contribution in [2.75, 3.05) is 7.11 Å². The predicted molar refractivity (Wildman–Crippen MR) is 96.1 cm³/mol. The van der Waals surface area contributed by atoms with Gasteiger partial charge in [0, 0.05) is 23.8 Å². The van der Waals surface area contributed by atoms with E-state index < -0.39 is 28.2 Å². The fraction of sp³-hybridized carbons (Fsp3) is 0.105. The second-order valence-corrected chi connectivity index (χ2v) is 5.97. The van der Waals surface area contributed by atoms with Crippen molar-refractivity contribution in [3.63, 3.8) is 0 Å². The van der Waals surface area contributed by atoms with Crippen molar-refractivity contribution in [3.8, 4) is 33.9 Å². The Balaban J connectivity index is 2.16. The molecule has 0 unspecified atom stereocenters. The summed E-state index contributed by atoms with van der Waals surface area (Å²) in [5.41, 5.74) is -1.36. The molecule has 0 fully saturated rings. The normalized spacial score (nSPS) is 11.3. The summed E-state index contributed by atoms with van der Waals surface area (Å²) < 4.78 is 43.8. The number of pyridine rings is 1. The van der Waals surface area contributed by atoms with Crippen molar-refractivity contribution < 1.29 is 32.7 Å². The highest BCUT2D eigenvalue weighted by Gasteiger charge is 2.40. The Hall–Kier alpha value is -3.82. The van der Waals surface area contributed by atoms with E-state index in [1.807, 2.05) is 0 Å². The summed E-state index contributed by atoms with van der Waals surface area (Å²) in [6.45, 7) is 0. The molecule has 10 heteroatoms. The molecule has 0 radical (unpaired) electrons. The summed E-state index contributed by atoms with van der Waals surface area (Å²) in [4.78, 5) is 10.4. The number of hydrogen-bond acceptors (Lipinski definition) is 5. The Morgan fingerprint density at radius 2 is 1.69 bits per heavy atom. The predicted octanol–water partition coefficient (Wildman–Crippen LogP) is 4.30. The Morgan fingerprint density at radius 1 is 1.03 bits per heavy atom. The number of halogens is 3. The molecule has 0 amide bonds. The number of methoxy groups -OCH3 is 1. The zero-order valence-corrected chi connectivity index (χ0v) is 14.8. The lowest BCUT2D eigenvalue weighted by atomic mass is 10.00. The van der Waals surface area contributed by atoms with Crippen LogP contribution in [0.25, 0.3) is 22.4 Å². The van der Waals surface area contributed by atoms with Gasteiger partial charge in [-0.2, -0.15) is 17.9 Å². The minimum atomic E-state index is -4.82. The van der Waals surface area contributed by atoms with Gasteiger partial charge in [-0.15, -0.1) is 0 Å². The molecule has 0 saturated heterocycles.